The first kappa shape index (κ1) is 14.2. The fraction of sp³-hybridized carbons (Fsp3) is 0. The lowest BCUT2D eigenvalue weighted by molar-refractivity contribution is 0.1000. The fourth-order valence-electron chi connectivity index (χ4n) is 1.60. The molecule has 0 heterocycles. The van der Waals surface area contributed by atoms with Crippen molar-refractivity contribution in [3.05, 3.63) is 63.9 Å². The van der Waals surface area contributed by atoms with E-state index in [1.54, 1.807) is 6.07 Å². The van der Waals surface area contributed by atoms with Crippen LogP contribution in [0.15, 0.2) is 46.9 Å². The van der Waals surface area contributed by atoms with E-state index in [0.29, 0.717) is 4.47 Å². The summed E-state index contributed by atoms with van der Waals surface area (Å²) in [6, 6.07) is 10.2. The average Bonchev–Trinajstić information content (AvgIpc) is 2.42. The molecule has 3 N–H and O–H groups in total. The van der Waals surface area contributed by atoms with Crippen molar-refractivity contribution < 1.29 is 14.0 Å². The second-order valence-electron chi connectivity index (χ2n) is 4.02. The topological polar surface area (TPSA) is 72.2 Å². The molecule has 102 valence electrons. The predicted molar refractivity (Wildman–Crippen MR) is 77.0 cm³/mol. The molecule has 0 aliphatic carbocycles. The van der Waals surface area contributed by atoms with E-state index in [1.165, 1.54) is 36.4 Å². The zero-order chi connectivity index (χ0) is 14.7. The van der Waals surface area contributed by atoms with E-state index >= 15 is 0 Å². The molecule has 0 aromatic heterocycles. The first-order chi connectivity index (χ1) is 9.47. The summed E-state index contributed by atoms with van der Waals surface area (Å²) in [7, 11) is 0. The van der Waals surface area contributed by atoms with Gasteiger partial charge in [0.2, 0.25) is 5.91 Å². The lowest BCUT2D eigenvalue weighted by Gasteiger charge is -2.07. The molecule has 0 saturated heterocycles. The standard InChI is InChI=1S/C14H10BrFN2O2/c15-10-4-5-12(11(16)7-10)18-14(20)9-3-1-2-8(6-9)13(17)19/h1-7H,(H2,17,19)(H,18,20). The Hall–Kier alpha value is -2.21. The van der Waals surface area contributed by atoms with Crippen LogP contribution in [0.1, 0.15) is 20.7 Å². The maximum Gasteiger partial charge on any atom is 0.255 e. The van der Waals surface area contributed by atoms with Crippen molar-refractivity contribution in [3.63, 3.8) is 0 Å². The zero-order valence-electron chi connectivity index (χ0n) is 10.2. The van der Waals surface area contributed by atoms with Crippen molar-refractivity contribution in [2.45, 2.75) is 0 Å². The molecule has 0 bridgehead atoms. The quantitative estimate of drug-likeness (QED) is 0.904. The van der Waals surface area contributed by atoms with Gasteiger partial charge < -0.3 is 11.1 Å². The third-order valence-corrected chi connectivity index (χ3v) is 3.08. The molecule has 0 spiro atoms. The smallest absolute Gasteiger partial charge is 0.255 e. The highest BCUT2D eigenvalue weighted by Crippen LogP contribution is 2.20. The van der Waals surface area contributed by atoms with Gasteiger partial charge in [-0.05, 0) is 36.4 Å². The second kappa shape index (κ2) is 5.83. The zero-order valence-corrected chi connectivity index (χ0v) is 11.8. The maximum atomic E-state index is 13.6. The number of hydrogen-bond donors (Lipinski definition) is 2. The van der Waals surface area contributed by atoms with Crippen LogP contribution in [0.3, 0.4) is 0 Å². The summed E-state index contributed by atoms with van der Waals surface area (Å²) in [5.41, 5.74) is 5.64. The number of anilines is 1. The van der Waals surface area contributed by atoms with Gasteiger partial charge in [0.05, 0.1) is 5.69 Å². The summed E-state index contributed by atoms with van der Waals surface area (Å²) in [6.07, 6.45) is 0. The van der Waals surface area contributed by atoms with E-state index in [-0.39, 0.29) is 16.8 Å². The Morgan fingerprint density at radius 3 is 2.45 bits per heavy atom. The van der Waals surface area contributed by atoms with E-state index < -0.39 is 17.6 Å². The minimum absolute atomic E-state index is 0.0580. The summed E-state index contributed by atoms with van der Waals surface area (Å²) in [6.45, 7) is 0. The Labute approximate surface area is 122 Å². The number of hydrogen-bond acceptors (Lipinski definition) is 2. The molecule has 0 atom stereocenters. The van der Waals surface area contributed by atoms with Crippen LogP contribution in [-0.2, 0) is 0 Å². The van der Waals surface area contributed by atoms with Crippen LogP contribution in [0, 0.1) is 5.82 Å². The third kappa shape index (κ3) is 3.21. The van der Waals surface area contributed by atoms with E-state index in [0.717, 1.165) is 0 Å². The predicted octanol–water partition coefficient (Wildman–Crippen LogP) is 2.94. The first-order valence-electron chi connectivity index (χ1n) is 5.63. The Morgan fingerprint density at radius 2 is 1.80 bits per heavy atom. The lowest BCUT2D eigenvalue weighted by atomic mass is 10.1. The van der Waals surface area contributed by atoms with Gasteiger partial charge in [0.1, 0.15) is 5.82 Å². The third-order valence-electron chi connectivity index (χ3n) is 2.59. The van der Waals surface area contributed by atoms with E-state index in [1.807, 2.05) is 0 Å². The molecule has 2 amide bonds. The van der Waals surface area contributed by atoms with E-state index in [9.17, 15) is 14.0 Å². The van der Waals surface area contributed by atoms with Gasteiger partial charge in [-0.3, -0.25) is 9.59 Å². The van der Waals surface area contributed by atoms with Crippen molar-refractivity contribution >= 4 is 33.4 Å². The number of benzene rings is 2. The molecule has 0 fully saturated rings. The number of amides is 2. The highest BCUT2D eigenvalue weighted by atomic mass is 79.9. The normalized spacial score (nSPS) is 10.1. The molecule has 20 heavy (non-hydrogen) atoms. The second-order valence-corrected chi connectivity index (χ2v) is 4.94. The SMILES string of the molecule is NC(=O)c1cccc(C(=O)Nc2ccc(Br)cc2F)c1. The fourth-order valence-corrected chi connectivity index (χ4v) is 1.93. The summed E-state index contributed by atoms with van der Waals surface area (Å²) in [5.74, 6) is -1.71. The molecule has 0 unspecified atom stereocenters. The summed E-state index contributed by atoms with van der Waals surface area (Å²) in [5, 5.41) is 2.43. The van der Waals surface area contributed by atoms with Crippen LogP contribution in [0.5, 0.6) is 0 Å². The molecule has 2 aromatic rings. The minimum Gasteiger partial charge on any atom is -0.366 e. The Bertz CT molecular complexity index is 689. The summed E-state index contributed by atoms with van der Waals surface area (Å²) < 4.78 is 14.2. The number of rotatable bonds is 3. The lowest BCUT2D eigenvalue weighted by Crippen LogP contribution is -2.15. The largest absolute Gasteiger partial charge is 0.366 e. The number of primary amides is 1. The van der Waals surface area contributed by atoms with E-state index in [2.05, 4.69) is 21.2 Å². The average molecular weight is 337 g/mol. The highest BCUT2D eigenvalue weighted by molar-refractivity contribution is 9.10. The highest BCUT2D eigenvalue weighted by Gasteiger charge is 2.11. The van der Waals surface area contributed by atoms with Gasteiger partial charge in [0.15, 0.2) is 0 Å². The number of carbonyl (C=O) groups is 2. The van der Waals surface area contributed by atoms with Crippen molar-refractivity contribution in [2.24, 2.45) is 5.73 Å². The first-order valence-corrected chi connectivity index (χ1v) is 6.43. The van der Waals surface area contributed by atoms with E-state index in [4.69, 9.17) is 5.73 Å². The van der Waals surface area contributed by atoms with Crippen LogP contribution >= 0.6 is 15.9 Å². The monoisotopic (exact) mass is 336 g/mol. The van der Waals surface area contributed by atoms with Crippen LogP contribution in [0.25, 0.3) is 0 Å². The molecule has 6 heteroatoms. The molecular formula is C14H10BrFN2O2. The van der Waals surface area contributed by atoms with Crippen LogP contribution in [-0.4, -0.2) is 11.8 Å². The number of halogens is 2. The van der Waals surface area contributed by atoms with Gasteiger partial charge in [-0.1, -0.05) is 22.0 Å². The molecular weight excluding hydrogens is 327 g/mol. The molecule has 0 saturated carbocycles. The van der Waals surface area contributed by atoms with Crippen LogP contribution < -0.4 is 11.1 Å². The van der Waals surface area contributed by atoms with Gasteiger partial charge in [-0.25, -0.2) is 4.39 Å². The van der Waals surface area contributed by atoms with Crippen molar-refractivity contribution in [1.29, 1.82) is 0 Å². The number of nitrogens with one attached hydrogen (secondary N) is 1. The molecule has 0 radical (unpaired) electrons. The van der Waals surface area contributed by atoms with Crippen LogP contribution in [0.4, 0.5) is 10.1 Å². The maximum absolute atomic E-state index is 13.6. The summed E-state index contributed by atoms with van der Waals surface area (Å²) in [4.78, 5) is 23.0. The Balaban J connectivity index is 2.24. The molecule has 2 aromatic carbocycles. The van der Waals surface area contributed by atoms with Gasteiger partial charge in [-0.2, -0.15) is 0 Å². The molecule has 2 rings (SSSR count). The van der Waals surface area contributed by atoms with Gasteiger partial charge in [0, 0.05) is 15.6 Å². The van der Waals surface area contributed by atoms with Gasteiger partial charge in [-0.15, -0.1) is 0 Å². The minimum atomic E-state index is -0.630. The molecule has 0 aliphatic rings. The Kier molecular flexibility index (Phi) is 4.14. The van der Waals surface area contributed by atoms with Crippen molar-refractivity contribution in [2.75, 3.05) is 5.32 Å². The van der Waals surface area contributed by atoms with Crippen molar-refractivity contribution in [3.8, 4) is 0 Å². The van der Waals surface area contributed by atoms with Gasteiger partial charge in [0.25, 0.3) is 5.91 Å². The number of nitrogens with two attached hydrogens (primary N) is 1. The van der Waals surface area contributed by atoms with Gasteiger partial charge >= 0.3 is 0 Å². The van der Waals surface area contributed by atoms with Crippen molar-refractivity contribution in [1.82, 2.24) is 0 Å². The summed E-state index contributed by atoms with van der Waals surface area (Å²) >= 11 is 3.13. The molecule has 0 aliphatic heterocycles. The number of carbonyl (C=O) groups excluding carboxylic acids is 2. The van der Waals surface area contributed by atoms with Crippen LogP contribution in [0.2, 0.25) is 0 Å². The molecule has 4 nitrogen and oxygen atoms in total. The Morgan fingerprint density at radius 1 is 1.10 bits per heavy atom.